The number of carbonyl (C=O) groups excluding carboxylic acids is 2. The fourth-order valence-corrected chi connectivity index (χ4v) is 2.06. The van der Waals surface area contributed by atoms with E-state index in [0.717, 1.165) is 11.3 Å². The van der Waals surface area contributed by atoms with Gasteiger partial charge in [0.2, 0.25) is 11.8 Å². The molecule has 0 atom stereocenters. The van der Waals surface area contributed by atoms with Crippen LogP contribution in [0.1, 0.15) is 12.0 Å². The molecule has 0 aliphatic rings. The van der Waals surface area contributed by atoms with Crippen molar-refractivity contribution in [1.29, 1.82) is 0 Å². The van der Waals surface area contributed by atoms with E-state index in [9.17, 15) is 9.59 Å². The van der Waals surface area contributed by atoms with Crippen LogP contribution in [0.25, 0.3) is 0 Å². The molecule has 2 aromatic carbocycles. The molecule has 0 aromatic heterocycles. The number of rotatable bonds is 7. The lowest BCUT2D eigenvalue weighted by Crippen LogP contribution is -2.23. The second-order valence-electron chi connectivity index (χ2n) is 5.26. The molecule has 24 heavy (non-hydrogen) atoms. The molecule has 0 bridgehead atoms. The number of benzene rings is 2. The van der Waals surface area contributed by atoms with Gasteiger partial charge in [0.25, 0.3) is 0 Å². The number of aryl methyl sites for hydroxylation is 1. The molecular weight excluding hydrogens is 306 g/mol. The molecular formula is C18H21N3O3. The first kappa shape index (κ1) is 17.5. The Hall–Kier alpha value is -2.86. The van der Waals surface area contributed by atoms with E-state index in [-0.39, 0.29) is 31.4 Å². The molecule has 0 aliphatic heterocycles. The third-order valence-electron chi connectivity index (χ3n) is 3.25. The summed E-state index contributed by atoms with van der Waals surface area (Å²) in [6, 6.07) is 14.7. The van der Waals surface area contributed by atoms with E-state index in [0.29, 0.717) is 11.4 Å². The fraction of sp³-hybridized carbons (Fsp3) is 0.222. The number of nitrogens with two attached hydrogens (primary N) is 1. The first-order chi connectivity index (χ1) is 11.6. The molecule has 0 radical (unpaired) electrons. The molecule has 0 saturated carbocycles. The number of hydrogen-bond donors (Lipinski definition) is 3. The smallest absolute Gasteiger partial charge is 0.238 e. The molecule has 0 heterocycles. The van der Waals surface area contributed by atoms with Gasteiger partial charge in [0.05, 0.1) is 30.9 Å². The Morgan fingerprint density at radius 2 is 1.71 bits per heavy atom. The minimum atomic E-state index is -0.316. The standard InChI is InChI=1S/C18H21N3O3/c1-13-7-8-15(16(11-13)21-18(23)12-19)20-17(22)9-10-24-14-5-3-2-4-6-14/h2-8,11H,9-10,12,19H2,1H3,(H,20,22)(H,21,23). The number of nitrogens with one attached hydrogen (secondary N) is 2. The summed E-state index contributed by atoms with van der Waals surface area (Å²) in [5.41, 5.74) is 7.34. The first-order valence-corrected chi connectivity index (χ1v) is 7.67. The Balaban J connectivity index is 1.92. The van der Waals surface area contributed by atoms with Crippen molar-refractivity contribution < 1.29 is 14.3 Å². The average molecular weight is 327 g/mol. The lowest BCUT2D eigenvalue weighted by Gasteiger charge is -2.13. The third kappa shape index (κ3) is 5.40. The van der Waals surface area contributed by atoms with Crippen molar-refractivity contribution in [1.82, 2.24) is 0 Å². The summed E-state index contributed by atoms with van der Waals surface area (Å²) in [7, 11) is 0. The monoisotopic (exact) mass is 327 g/mol. The van der Waals surface area contributed by atoms with Crippen molar-refractivity contribution in [2.75, 3.05) is 23.8 Å². The van der Waals surface area contributed by atoms with Crippen LogP contribution in [0.3, 0.4) is 0 Å². The van der Waals surface area contributed by atoms with Gasteiger partial charge in [0.15, 0.2) is 0 Å². The highest BCUT2D eigenvalue weighted by atomic mass is 16.5. The SMILES string of the molecule is Cc1ccc(NC(=O)CCOc2ccccc2)c(NC(=O)CN)c1. The van der Waals surface area contributed by atoms with Crippen LogP contribution in [-0.2, 0) is 9.59 Å². The number of ether oxygens (including phenoxy) is 1. The van der Waals surface area contributed by atoms with Crippen LogP contribution < -0.4 is 21.1 Å². The van der Waals surface area contributed by atoms with E-state index in [1.165, 1.54) is 0 Å². The van der Waals surface area contributed by atoms with Gasteiger partial charge < -0.3 is 21.1 Å². The maximum absolute atomic E-state index is 12.1. The van der Waals surface area contributed by atoms with Crippen LogP contribution >= 0.6 is 0 Å². The van der Waals surface area contributed by atoms with Crippen LogP contribution in [0, 0.1) is 6.92 Å². The van der Waals surface area contributed by atoms with Crippen LogP contribution in [0.2, 0.25) is 0 Å². The number of anilines is 2. The molecule has 6 nitrogen and oxygen atoms in total. The zero-order valence-corrected chi connectivity index (χ0v) is 13.5. The number of hydrogen-bond acceptors (Lipinski definition) is 4. The summed E-state index contributed by atoms with van der Waals surface area (Å²) >= 11 is 0. The summed E-state index contributed by atoms with van der Waals surface area (Å²) in [4.78, 5) is 23.6. The molecule has 0 fully saturated rings. The summed E-state index contributed by atoms with van der Waals surface area (Å²) in [5.74, 6) is 0.207. The molecule has 0 saturated heterocycles. The minimum absolute atomic E-state index is 0.119. The molecule has 0 aliphatic carbocycles. The molecule has 126 valence electrons. The Morgan fingerprint density at radius 3 is 2.42 bits per heavy atom. The quantitative estimate of drug-likeness (QED) is 0.727. The average Bonchev–Trinajstić information content (AvgIpc) is 2.58. The van der Waals surface area contributed by atoms with E-state index in [1.807, 2.05) is 43.3 Å². The summed E-state index contributed by atoms with van der Waals surface area (Å²) in [6.45, 7) is 2.05. The Morgan fingerprint density at radius 1 is 1.00 bits per heavy atom. The molecule has 4 N–H and O–H groups in total. The lowest BCUT2D eigenvalue weighted by atomic mass is 10.2. The second kappa shape index (κ2) is 8.69. The van der Waals surface area contributed by atoms with Crippen LogP contribution in [0.15, 0.2) is 48.5 Å². The van der Waals surface area contributed by atoms with Crippen molar-refractivity contribution >= 4 is 23.2 Å². The topological polar surface area (TPSA) is 93.5 Å². The van der Waals surface area contributed by atoms with Gasteiger partial charge >= 0.3 is 0 Å². The first-order valence-electron chi connectivity index (χ1n) is 7.67. The zero-order chi connectivity index (χ0) is 17.4. The molecule has 6 heteroatoms. The van der Waals surface area contributed by atoms with Gasteiger partial charge in [-0.05, 0) is 36.8 Å². The van der Waals surface area contributed by atoms with Gasteiger partial charge in [-0.3, -0.25) is 9.59 Å². The molecule has 2 aromatic rings. The molecule has 0 unspecified atom stereocenters. The van der Waals surface area contributed by atoms with Crippen LogP contribution in [0.5, 0.6) is 5.75 Å². The van der Waals surface area contributed by atoms with Gasteiger partial charge in [0, 0.05) is 0 Å². The summed E-state index contributed by atoms with van der Waals surface area (Å²) in [6.07, 6.45) is 0.201. The van der Waals surface area contributed by atoms with Gasteiger partial charge in [0.1, 0.15) is 5.75 Å². The zero-order valence-electron chi connectivity index (χ0n) is 13.5. The Bertz CT molecular complexity index is 702. The maximum atomic E-state index is 12.1. The number of para-hydroxylation sites is 1. The van der Waals surface area contributed by atoms with E-state index in [1.54, 1.807) is 12.1 Å². The van der Waals surface area contributed by atoms with Crippen LogP contribution in [-0.4, -0.2) is 25.0 Å². The third-order valence-corrected chi connectivity index (χ3v) is 3.25. The van der Waals surface area contributed by atoms with Crippen molar-refractivity contribution in [3.63, 3.8) is 0 Å². The van der Waals surface area contributed by atoms with Gasteiger partial charge in [-0.15, -0.1) is 0 Å². The van der Waals surface area contributed by atoms with E-state index >= 15 is 0 Å². The van der Waals surface area contributed by atoms with E-state index in [2.05, 4.69) is 10.6 Å². The predicted molar refractivity (Wildman–Crippen MR) is 94.0 cm³/mol. The Labute approximate surface area is 141 Å². The van der Waals surface area contributed by atoms with Gasteiger partial charge in [-0.1, -0.05) is 24.3 Å². The lowest BCUT2D eigenvalue weighted by molar-refractivity contribution is -0.117. The van der Waals surface area contributed by atoms with E-state index in [4.69, 9.17) is 10.5 Å². The molecule has 2 amide bonds. The highest BCUT2D eigenvalue weighted by Gasteiger charge is 2.09. The molecule has 0 spiro atoms. The van der Waals surface area contributed by atoms with Crippen molar-refractivity contribution in [2.24, 2.45) is 5.73 Å². The van der Waals surface area contributed by atoms with Gasteiger partial charge in [-0.25, -0.2) is 0 Å². The number of amides is 2. The highest BCUT2D eigenvalue weighted by molar-refractivity contribution is 6.00. The fourth-order valence-electron chi connectivity index (χ4n) is 2.06. The predicted octanol–water partition coefficient (Wildman–Crippen LogP) is 2.30. The van der Waals surface area contributed by atoms with Crippen molar-refractivity contribution in [2.45, 2.75) is 13.3 Å². The second-order valence-corrected chi connectivity index (χ2v) is 5.26. The normalized spacial score (nSPS) is 10.1. The largest absolute Gasteiger partial charge is 0.493 e. The minimum Gasteiger partial charge on any atom is -0.493 e. The Kier molecular flexibility index (Phi) is 6.33. The van der Waals surface area contributed by atoms with Crippen molar-refractivity contribution in [3.8, 4) is 5.75 Å². The summed E-state index contributed by atoms with van der Waals surface area (Å²) in [5, 5.41) is 5.46. The van der Waals surface area contributed by atoms with Crippen molar-refractivity contribution in [3.05, 3.63) is 54.1 Å². The summed E-state index contributed by atoms with van der Waals surface area (Å²) < 4.78 is 5.50. The maximum Gasteiger partial charge on any atom is 0.238 e. The van der Waals surface area contributed by atoms with Crippen LogP contribution in [0.4, 0.5) is 11.4 Å². The van der Waals surface area contributed by atoms with Gasteiger partial charge in [-0.2, -0.15) is 0 Å². The molecule has 2 rings (SSSR count). The van der Waals surface area contributed by atoms with E-state index < -0.39 is 0 Å². The highest BCUT2D eigenvalue weighted by Crippen LogP contribution is 2.23. The number of carbonyl (C=O) groups is 2.